The van der Waals surface area contributed by atoms with Crippen molar-refractivity contribution in [3.63, 3.8) is 0 Å². The first-order valence-electron chi connectivity index (χ1n) is 6.40. The topological polar surface area (TPSA) is 24.9 Å². The van der Waals surface area contributed by atoms with Gasteiger partial charge in [-0.2, -0.15) is 0 Å². The molecule has 0 aromatic carbocycles. The third-order valence-electron chi connectivity index (χ3n) is 3.77. The van der Waals surface area contributed by atoms with Crippen LogP contribution in [0.4, 0.5) is 0 Å². The van der Waals surface area contributed by atoms with Crippen LogP contribution in [0.15, 0.2) is 0 Å². The molecule has 2 rings (SSSR count). The predicted octanol–water partition coefficient (Wildman–Crippen LogP) is 3.50. The lowest BCUT2D eigenvalue weighted by Gasteiger charge is -2.17. The molecule has 96 valence electrons. The molecule has 1 aliphatic carbocycles. The molecule has 2 atom stereocenters. The molecular weight excluding hydrogens is 252 g/mol. The SMILES string of the molecule is Cc1nc(CNCC2CCCC2CCl)sc1C. The van der Waals surface area contributed by atoms with Crippen molar-refractivity contribution in [1.29, 1.82) is 0 Å². The van der Waals surface area contributed by atoms with Crippen molar-refractivity contribution >= 4 is 22.9 Å². The van der Waals surface area contributed by atoms with Crippen LogP contribution in [0.25, 0.3) is 0 Å². The van der Waals surface area contributed by atoms with Gasteiger partial charge in [0.25, 0.3) is 0 Å². The maximum Gasteiger partial charge on any atom is 0.107 e. The quantitative estimate of drug-likeness (QED) is 0.830. The summed E-state index contributed by atoms with van der Waals surface area (Å²) in [4.78, 5) is 5.88. The monoisotopic (exact) mass is 272 g/mol. The van der Waals surface area contributed by atoms with Gasteiger partial charge in [-0.15, -0.1) is 22.9 Å². The summed E-state index contributed by atoms with van der Waals surface area (Å²) in [6.07, 6.45) is 3.99. The van der Waals surface area contributed by atoms with Crippen LogP contribution in [0.2, 0.25) is 0 Å². The van der Waals surface area contributed by atoms with Crippen LogP contribution < -0.4 is 5.32 Å². The van der Waals surface area contributed by atoms with Gasteiger partial charge in [0.15, 0.2) is 0 Å². The first-order chi connectivity index (χ1) is 8.20. The highest BCUT2D eigenvalue weighted by atomic mass is 35.5. The Balaban J connectivity index is 1.75. The average Bonchev–Trinajstić information content (AvgIpc) is 2.87. The van der Waals surface area contributed by atoms with E-state index in [1.54, 1.807) is 11.3 Å². The highest BCUT2D eigenvalue weighted by Gasteiger charge is 2.25. The van der Waals surface area contributed by atoms with Gasteiger partial charge >= 0.3 is 0 Å². The highest BCUT2D eigenvalue weighted by molar-refractivity contribution is 7.11. The standard InChI is InChI=1S/C13H21ClN2S/c1-9-10(2)17-13(16-9)8-15-7-12-5-3-4-11(12)6-14/h11-12,15H,3-8H2,1-2H3. The van der Waals surface area contributed by atoms with E-state index in [-0.39, 0.29) is 0 Å². The predicted molar refractivity (Wildman–Crippen MR) is 74.8 cm³/mol. The number of halogens is 1. The molecule has 1 fully saturated rings. The Labute approximate surface area is 113 Å². The van der Waals surface area contributed by atoms with Gasteiger partial charge in [0.1, 0.15) is 5.01 Å². The number of alkyl halides is 1. The molecule has 4 heteroatoms. The average molecular weight is 273 g/mol. The van der Waals surface area contributed by atoms with Gasteiger partial charge in [-0.3, -0.25) is 0 Å². The normalized spacial score (nSPS) is 24.4. The zero-order valence-electron chi connectivity index (χ0n) is 10.6. The molecule has 1 heterocycles. The van der Waals surface area contributed by atoms with Crippen molar-refractivity contribution in [2.75, 3.05) is 12.4 Å². The Bertz CT molecular complexity index is 345. The minimum Gasteiger partial charge on any atom is -0.310 e. The maximum absolute atomic E-state index is 5.98. The van der Waals surface area contributed by atoms with Crippen molar-refractivity contribution in [2.24, 2.45) is 11.8 Å². The van der Waals surface area contributed by atoms with Crippen molar-refractivity contribution < 1.29 is 0 Å². The number of nitrogens with one attached hydrogen (secondary N) is 1. The first-order valence-corrected chi connectivity index (χ1v) is 7.75. The van der Waals surface area contributed by atoms with E-state index >= 15 is 0 Å². The Morgan fingerprint density at radius 1 is 1.35 bits per heavy atom. The Kier molecular flexibility index (Phi) is 4.83. The fourth-order valence-electron chi connectivity index (χ4n) is 2.56. The second kappa shape index (κ2) is 6.17. The molecule has 17 heavy (non-hydrogen) atoms. The molecule has 0 spiro atoms. The van der Waals surface area contributed by atoms with Gasteiger partial charge in [-0.1, -0.05) is 6.42 Å². The molecule has 0 saturated heterocycles. The van der Waals surface area contributed by atoms with E-state index in [0.29, 0.717) is 0 Å². The summed E-state index contributed by atoms with van der Waals surface area (Å²) >= 11 is 7.79. The van der Waals surface area contributed by atoms with Crippen LogP contribution >= 0.6 is 22.9 Å². The van der Waals surface area contributed by atoms with Crippen LogP contribution in [-0.4, -0.2) is 17.4 Å². The minimum absolute atomic E-state index is 0.726. The van der Waals surface area contributed by atoms with E-state index in [4.69, 9.17) is 11.6 Å². The van der Waals surface area contributed by atoms with E-state index < -0.39 is 0 Å². The van der Waals surface area contributed by atoms with Crippen LogP contribution in [0.1, 0.15) is 34.8 Å². The smallest absolute Gasteiger partial charge is 0.107 e. The fraction of sp³-hybridized carbons (Fsp3) is 0.769. The molecule has 0 amide bonds. The lowest BCUT2D eigenvalue weighted by molar-refractivity contribution is 0.395. The number of nitrogens with zero attached hydrogens (tertiary/aromatic N) is 1. The molecule has 2 nitrogen and oxygen atoms in total. The van der Waals surface area contributed by atoms with Crippen LogP contribution in [0.3, 0.4) is 0 Å². The first kappa shape index (κ1) is 13.3. The van der Waals surface area contributed by atoms with Gasteiger partial charge in [0, 0.05) is 17.3 Å². The van der Waals surface area contributed by atoms with Crippen molar-refractivity contribution in [3.05, 3.63) is 15.6 Å². The van der Waals surface area contributed by atoms with E-state index in [1.807, 2.05) is 0 Å². The lowest BCUT2D eigenvalue weighted by atomic mass is 9.98. The molecule has 1 aromatic heterocycles. The Hall–Kier alpha value is -0.120. The summed E-state index contributed by atoms with van der Waals surface area (Å²) in [6.45, 7) is 6.22. The summed E-state index contributed by atoms with van der Waals surface area (Å²) in [5.74, 6) is 2.32. The number of hydrogen-bond acceptors (Lipinski definition) is 3. The summed E-state index contributed by atoms with van der Waals surface area (Å²) in [6, 6.07) is 0. The molecule has 0 aliphatic heterocycles. The molecule has 0 radical (unpaired) electrons. The zero-order valence-corrected chi connectivity index (χ0v) is 12.2. The van der Waals surface area contributed by atoms with E-state index in [2.05, 4.69) is 24.1 Å². The molecule has 0 bridgehead atoms. The number of aryl methyl sites for hydroxylation is 2. The van der Waals surface area contributed by atoms with Crippen LogP contribution in [-0.2, 0) is 6.54 Å². The van der Waals surface area contributed by atoms with Crippen molar-refractivity contribution in [1.82, 2.24) is 10.3 Å². The largest absolute Gasteiger partial charge is 0.310 e. The molecule has 2 unspecified atom stereocenters. The minimum atomic E-state index is 0.726. The number of aromatic nitrogens is 1. The summed E-state index contributed by atoms with van der Waals surface area (Å²) in [7, 11) is 0. The van der Waals surface area contributed by atoms with Gasteiger partial charge in [0.05, 0.1) is 5.69 Å². The molecule has 1 aliphatic rings. The van der Waals surface area contributed by atoms with Gasteiger partial charge in [-0.25, -0.2) is 4.98 Å². The zero-order chi connectivity index (χ0) is 12.3. The maximum atomic E-state index is 5.98. The van der Waals surface area contributed by atoms with Gasteiger partial charge in [-0.05, 0) is 45.1 Å². The van der Waals surface area contributed by atoms with Crippen LogP contribution in [0.5, 0.6) is 0 Å². The third-order valence-corrected chi connectivity index (χ3v) is 5.24. The Morgan fingerprint density at radius 3 is 2.76 bits per heavy atom. The second-order valence-electron chi connectivity index (χ2n) is 4.99. The van der Waals surface area contributed by atoms with E-state index in [9.17, 15) is 0 Å². The number of hydrogen-bond donors (Lipinski definition) is 1. The third kappa shape index (κ3) is 3.43. The molecule has 1 N–H and O–H groups in total. The van der Waals surface area contributed by atoms with Crippen molar-refractivity contribution in [2.45, 2.75) is 39.7 Å². The summed E-state index contributed by atoms with van der Waals surface area (Å²) in [5.41, 5.74) is 1.17. The fourth-order valence-corrected chi connectivity index (χ4v) is 3.87. The number of rotatable bonds is 5. The summed E-state index contributed by atoms with van der Waals surface area (Å²) < 4.78 is 0. The van der Waals surface area contributed by atoms with Gasteiger partial charge < -0.3 is 5.32 Å². The molecule has 1 saturated carbocycles. The van der Waals surface area contributed by atoms with Gasteiger partial charge in [0.2, 0.25) is 0 Å². The lowest BCUT2D eigenvalue weighted by Crippen LogP contribution is -2.25. The van der Waals surface area contributed by atoms with E-state index in [1.165, 1.54) is 34.8 Å². The Morgan fingerprint density at radius 2 is 2.12 bits per heavy atom. The molecular formula is C13H21ClN2S. The second-order valence-corrected chi connectivity index (χ2v) is 6.58. The van der Waals surface area contributed by atoms with Crippen LogP contribution in [0, 0.1) is 25.7 Å². The van der Waals surface area contributed by atoms with Crippen molar-refractivity contribution in [3.8, 4) is 0 Å². The molecule has 1 aromatic rings. The number of thiazole rings is 1. The highest BCUT2D eigenvalue weighted by Crippen LogP contribution is 2.32. The summed E-state index contributed by atoms with van der Waals surface area (Å²) in [5, 5.41) is 4.75. The van der Waals surface area contributed by atoms with E-state index in [0.717, 1.165) is 30.8 Å².